The van der Waals surface area contributed by atoms with Crippen molar-refractivity contribution in [2.24, 2.45) is 0 Å². The largest absolute Gasteiger partial charge is 0.492 e. The SMILES string of the molecule is [2H]C([2H])([2H])C([2H])([2H])N(CCOc1ccc(/C(=C(\Cl)c2ccccc2)c2ccccc2)cc1)C([2H])([2H])C([2H])([2H])[2H]. The second kappa shape index (κ2) is 10.8. The molecule has 0 unspecified atom stereocenters. The van der Waals surface area contributed by atoms with E-state index in [1.165, 1.54) is 0 Å². The molecular weight excluding hydrogens is 378 g/mol. The normalized spacial score (nSPS) is 19.0. The lowest BCUT2D eigenvalue weighted by Crippen LogP contribution is -2.27. The third kappa shape index (κ3) is 5.72. The zero-order valence-electron chi connectivity index (χ0n) is 25.7. The minimum atomic E-state index is -3.30. The maximum absolute atomic E-state index is 7.99. The topological polar surface area (TPSA) is 12.5 Å². The first kappa shape index (κ1) is 11.6. The van der Waals surface area contributed by atoms with Crippen molar-refractivity contribution in [3.05, 3.63) is 102 Å². The molecule has 0 saturated heterocycles. The van der Waals surface area contributed by atoms with Gasteiger partial charge in [-0.1, -0.05) is 98.1 Å². The predicted octanol–water partition coefficient (Wildman–Crippen LogP) is 6.56. The highest BCUT2D eigenvalue weighted by atomic mass is 35.5. The Labute approximate surface area is 193 Å². The first-order chi connectivity index (χ1) is 18.1. The van der Waals surface area contributed by atoms with Gasteiger partial charge in [-0.2, -0.15) is 0 Å². The predicted molar refractivity (Wildman–Crippen MR) is 124 cm³/mol. The molecule has 0 bridgehead atoms. The summed E-state index contributed by atoms with van der Waals surface area (Å²) in [6.07, 6.45) is 0. The van der Waals surface area contributed by atoms with Crippen molar-refractivity contribution in [1.82, 2.24) is 4.90 Å². The van der Waals surface area contributed by atoms with Crippen molar-refractivity contribution in [1.29, 1.82) is 0 Å². The van der Waals surface area contributed by atoms with Crippen LogP contribution in [0, 0.1) is 0 Å². The van der Waals surface area contributed by atoms with Gasteiger partial charge >= 0.3 is 0 Å². The number of hydrogen-bond donors (Lipinski definition) is 0. The Balaban J connectivity index is 1.86. The van der Waals surface area contributed by atoms with Gasteiger partial charge in [0.2, 0.25) is 0 Å². The van der Waals surface area contributed by atoms with Crippen molar-refractivity contribution in [2.45, 2.75) is 13.7 Å². The van der Waals surface area contributed by atoms with Gasteiger partial charge in [-0.3, -0.25) is 0 Å². The molecule has 3 rings (SSSR count). The van der Waals surface area contributed by atoms with E-state index in [1.54, 1.807) is 24.3 Å². The monoisotopic (exact) mass is 415 g/mol. The molecule has 0 N–H and O–H groups in total. The molecule has 0 spiro atoms. The third-order valence-electron chi connectivity index (χ3n) is 4.31. The molecule has 0 aromatic heterocycles. The molecule has 3 aromatic carbocycles. The molecule has 0 heterocycles. The Morgan fingerprint density at radius 1 is 0.828 bits per heavy atom. The molecule has 0 fully saturated rings. The van der Waals surface area contributed by atoms with Crippen molar-refractivity contribution in [2.75, 3.05) is 26.1 Å². The molecule has 0 atom stereocenters. The summed E-state index contributed by atoms with van der Waals surface area (Å²) in [5.74, 6) is 0.339. The average Bonchev–Trinajstić information content (AvgIpc) is 2.87. The number of hydrogen-bond acceptors (Lipinski definition) is 2. The molecular formula is C26H28ClNO. The summed E-state index contributed by atoms with van der Waals surface area (Å²) in [6.45, 7) is -14.1. The van der Waals surface area contributed by atoms with Gasteiger partial charge in [-0.05, 0) is 41.8 Å². The standard InChI is InChI=1S/C26H28ClNO/c1-3-28(4-2)19-20-29-24-17-15-22(16-18-24)25(21-11-7-5-8-12-21)26(27)23-13-9-6-10-14-23/h5-18H,3-4,19-20H2,1-2H3/b26-25-/i1D3,2D3,3D2,4D2. The fourth-order valence-corrected chi connectivity index (χ4v) is 3.21. The van der Waals surface area contributed by atoms with Crippen LogP contribution in [0.3, 0.4) is 0 Å². The Bertz CT molecular complexity index is 1230. The highest BCUT2D eigenvalue weighted by Crippen LogP contribution is 2.35. The van der Waals surface area contributed by atoms with Crippen LogP contribution in [0.5, 0.6) is 5.75 Å². The number of ether oxygens (including phenoxy) is 1. The van der Waals surface area contributed by atoms with Crippen LogP contribution in [-0.2, 0) is 0 Å². The van der Waals surface area contributed by atoms with Crippen LogP contribution in [-0.4, -0.2) is 31.0 Å². The Hall–Kier alpha value is -2.55. The summed E-state index contributed by atoms with van der Waals surface area (Å²) in [5, 5.41) is 0.546. The fraction of sp³-hybridized carbons (Fsp3) is 0.231. The molecule has 150 valence electrons. The van der Waals surface area contributed by atoms with E-state index in [0.29, 0.717) is 10.8 Å². The lowest BCUT2D eigenvalue weighted by atomic mass is 9.95. The van der Waals surface area contributed by atoms with Crippen molar-refractivity contribution >= 4 is 22.2 Å². The molecule has 0 saturated carbocycles. The van der Waals surface area contributed by atoms with E-state index in [9.17, 15) is 0 Å². The van der Waals surface area contributed by atoms with Gasteiger partial charge in [-0.15, -0.1) is 0 Å². The van der Waals surface area contributed by atoms with Crippen LogP contribution in [0.15, 0.2) is 84.9 Å². The lowest BCUT2D eigenvalue weighted by molar-refractivity contribution is 0.223. The summed E-state index contributed by atoms with van der Waals surface area (Å²) in [7, 11) is 0. The van der Waals surface area contributed by atoms with Crippen LogP contribution in [0.1, 0.15) is 44.1 Å². The smallest absolute Gasteiger partial charge is 0.119 e. The quantitative estimate of drug-likeness (QED) is 0.367. The molecule has 29 heavy (non-hydrogen) atoms. The molecule has 3 heteroatoms. The highest BCUT2D eigenvalue weighted by molar-refractivity contribution is 6.53. The maximum atomic E-state index is 7.99. The van der Waals surface area contributed by atoms with E-state index in [4.69, 9.17) is 30.0 Å². The summed E-state index contributed by atoms with van der Waals surface area (Å²) < 4.78 is 82.5. The average molecular weight is 416 g/mol. The number of halogens is 1. The molecule has 3 aromatic rings. The zero-order chi connectivity index (χ0) is 29.1. The van der Waals surface area contributed by atoms with Crippen molar-refractivity contribution < 1.29 is 18.4 Å². The van der Waals surface area contributed by atoms with Gasteiger partial charge in [0, 0.05) is 25.8 Å². The second-order valence-electron chi connectivity index (χ2n) is 6.17. The van der Waals surface area contributed by atoms with E-state index in [2.05, 4.69) is 0 Å². The highest BCUT2D eigenvalue weighted by Gasteiger charge is 2.12. The van der Waals surface area contributed by atoms with Gasteiger partial charge in [-0.25, -0.2) is 0 Å². The first-order valence-corrected chi connectivity index (χ1v) is 9.47. The molecule has 0 aliphatic heterocycles. The van der Waals surface area contributed by atoms with Gasteiger partial charge in [0.1, 0.15) is 12.4 Å². The molecule has 0 amide bonds. The number of nitrogens with zero attached hydrogens (tertiary/aromatic N) is 1. The van der Waals surface area contributed by atoms with Crippen LogP contribution in [0.4, 0.5) is 0 Å². The van der Waals surface area contributed by atoms with Gasteiger partial charge in [0.15, 0.2) is 0 Å². The van der Waals surface area contributed by atoms with Gasteiger partial charge in [0.05, 0.1) is 5.03 Å². The molecule has 2 nitrogen and oxygen atoms in total. The maximum Gasteiger partial charge on any atom is 0.119 e. The molecule has 0 aliphatic rings. The number of rotatable bonds is 9. The minimum Gasteiger partial charge on any atom is -0.492 e. The van der Waals surface area contributed by atoms with E-state index in [1.807, 2.05) is 60.7 Å². The van der Waals surface area contributed by atoms with Crippen molar-refractivity contribution in [3.63, 3.8) is 0 Å². The van der Waals surface area contributed by atoms with Crippen LogP contribution in [0.25, 0.3) is 10.6 Å². The fourth-order valence-electron chi connectivity index (χ4n) is 2.87. The van der Waals surface area contributed by atoms with Crippen molar-refractivity contribution in [3.8, 4) is 5.75 Å². The minimum absolute atomic E-state index is 0.185. The Morgan fingerprint density at radius 2 is 1.38 bits per heavy atom. The Morgan fingerprint density at radius 3 is 1.97 bits per heavy atom. The Kier molecular flexibility index (Phi) is 4.33. The van der Waals surface area contributed by atoms with Gasteiger partial charge < -0.3 is 9.64 Å². The van der Waals surface area contributed by atoms with E-state index in [-0.39, 0.29) is 11.5 Å². The van der Waals surface area contributed by atoms with Gasteiger partial charge in [0.25, 0.3) is 0 Å². The third-order valence-corrected chi connectivity index (χ3v) is 4.71. The number of benzene rings is 3. The summed E-state index contributed by atoms with van der Waals surface area (Å²) in [6, 6.07) is 26.0. The molecule has 0 aliphatic carbocycles. The van der Waals surface area contributed by atoms with E-state index >= 15 is 0 Å². The van der Waals surface area contributed by atoms with Crippen LogP contribution in [0.2, 0.25) is 0 Å². The first-order valence-electron chi connectivity index (χ1n) is 14.1. The summed E-state index contributed by atoms with van der Waals surface area (Å²) >= 11 is 6.84. The number of likely N-dealkylation sites (N-methyl/N-ethyl adjacent to an activating group) is 1. The van der Waals surface area contributed by atoms with Crippen LogP contribution >= 0.6 is 11.6 Å². The van der Waals surface area contributed by atoms with Crippen LogP contribution < -0.4 is 4.74 Å². The van der Waals surface area contributed by atoms with E-state index < -0.39 is 33.2 Å². The zero-order valence-corrected chi connectivity index (χ0v) is 16.5. The van der Waals surface area contributed by atoms with E-state index in [0.717, 1.165) is 22.3 Å². The summed E-state index contributed by atoms with van der Waals surface area (Å²) in [4.78, 5) is 0.185. The second-order valence-corrected chi connectivity index (χ2v) is 6.55. The molecule has 0 radical (unpaired) electrons. The lowest BCUT2D eigenvalue weighted by Gasteiger charge is -2.18. The summed E-state index contributed by atoms with van der Waals surface area (Å²) in [5.41, 5.74) is 3.32.